The van der Waals surface area contributed by atoms with E-state index >= 15 is 0 Å². The third-order valence-electron chi connectivity index (χ3n) is 4.58. The van der Waals surface area contributed by atoms with Crippen LogP contribution in [-0.4, -0.2) is 56.8 Å². The Balaban J connectivity index is 1.60. The molecule has 0 bridgehead atoms. The first-order valence-corrected chi connectivity index (χ1v) is 8.03. The molecule has 9 heteroatoms. The van der Waals surface area contributed by atoms with Gasteiger partial charge in [0, 0.05) is 17.8 Å². The molecule has 3 heterocycles. The van der Waals surface area contributed by atoms with Crippen molar-refractivity contribution >= 4 is 11.6 Å². The molecular weight excluding hydrogens is 321 g/mol. The van der Waals surface area contributed by atoms with Gasteiger partial charge in [-0.15, -0.1) is 0 Å². The molecule has 0 atom stereocenters. The van der Waals surface area contributed by atoms with Gasteiger partial charge in [0.2, 0.25) is 0 Å². The monoisotopic (exact) mass is 342 g/mol. The zero-order valence-electron chi connectivity index (χ0n) is 13.8. The van der Waals surface area contributed by atoms with Crippen molar-refractivity contribution in [3.63, 3.8) is 0 Å². The molecule has 1 fully saturated rings. The van der Waals surface area contributed by atoms with Crippen molar-refractivity contribution in [3.05, 3.63) is 17.6 Å². The standard InChI is InChI=1S/C15H21F3N6/c1-10-11(2)22-14-20-9-21-24(14)13(10)19-7-12-3-5-23(6-4-12)8-15(16,17)18/h9,12,19H,3-8H2,1-2H3. The van der Waals surface area contributed by atoms with E-state index < -0.39 is 12.7 Å². The van der Waals surface area contributed by atoms with E-state index in [9.17, 15) is 13.2 Å². The van der Waals surface area contributed by atoms with Crippen LogP contribution in [0, 0.1) is 19.8 Å². The summed E-state index contributed by atoms with van der Waals surface area (Å²) in [6.45, 7) is 4.76. The third-order valence-corrected chi connectivity index (χ3v) is 4.58. The quantitative estimate of drug-likeness (QED) is 0.925. The molecule has 0 saturated carbocycles. The number of nitrogens with zero attached hydrogens (tertiary/aromatic N) is 5. The highest BCUT2D eigenvalue weighted by Crippen LogP contribution is 2.24. The minimum Gasteiger partial charge on any atom is -0.369 e. The largest absolute Gasteiger partial charge is 0.401 e. The van der Waals surface area contributed by atoms with Crippen LogP contribution in [0.3, 0.4) is 0 Å². The van der Waals surface area contributed by atoms with E-state index in [1.807, 2.05) is 13.8 Å². The Hall–Kier alpha value is -1.90. The molecule has 24 heavy (non-hydrogen) atoms. The first-order chi connectivity index (χ1) is 11.3. The maximum atomic E-state index is 12.4. The second-order valence-electron chi connectivity index (χ2n) is 6.36. The van der Waals surface area contributed by atoms with Crippen LogP contribution >= 0.6 is 0 Å². The van der Waals surface area contributed by atoms with Gasteiger partial charge in [-0.3, -0.25) is 4.90 Å². The molecular formula is C15H21F3N6. The Labute approximate surface area is 138 Å². The number of anilines is 1. The maximum absolute atomic E-state index is 12.4. The molecule has 6 nitrogen and oxygen atoms in total. The Bertz CT molecular complexity index is 703. The lowest BCUT2D eigenvalue weighted by atomic mass is 9.96. The lowest BCUT2D eigenvalue weighted by molar-refractivity contribution is -0.148. The molecule has 0 spiro atoms. The van der Waals surface area contributed by atoms with Crippen LogP contribution in [0.4, 0.5) is 19.0 Å². The summed E-state index contributed by atoms with van der Waals surface area (Å²) in [6, 6.07) is 0. The Morgan fingerprint density at radius 2 is 1.96 bits per heavy atom. The fourth-order valence-corrected chi connectivity index (χ4v) is 3.08. The zero-order chi connectivity index (χ0) is 17.3. The van der Waals surface area contributed by atoms with Crippen LogP contribution in [0.1, 0.15) is 24.1 Å². The number of piperidine rings is 1. The SMILES string of the molecule is Cc1nc2ncnn2c(NCC2CCN(CC(F)(F)F)CC2)c1C. The molecule has 1 aliphatic heterocycles. The molecule has 0 aromatic carbocycles. The second-order valence-corrected chi connectivity index (χ2v) is 6.36. The molecule has 0 unspecified atom stereocenters. The number of aryl methyl sites for hydroxylation is 1. The summed E-state index contributed by atoms with van der Waals surface area (Å²) in [7, 11) is 0. The molecule has 2 aromatic rings. The predicted molar refractivity (Wildman–Crippen MR) is 84.0 cm³/mol. The number of rotatable bonds is 4. The van der Waals surface area contributed by atoms with Crippen molar-refractivity contribution < 1.29 is 13.2 Å². The van der Waals surface area contributed by atoms with Crippen molar-refractivity contribution in [2.75, 3.05) is 31.5 Å². The van der Waals surface area contributed by atoms with Crippen molar-refractivity contribution in [2.45, 2.75) is 32.9 Å². The Kier molecular flexibility index (Phi) is 4.62. The van der Waals surface area contributed by atoms with Crippen LogP contribution < -0.4 is 5.32 Å². The summed E-state index contributed by atoms with van der Waals surface area (Å²) < 4.78 is 39.0. The minimum atomic E-state index is -4.12. The molecule has 132 valence electrons. The Morgan fingerprint density at radius 3 is 2.62 bits per heavy atom. The topological polar surface area (TPSA) is 58.4 Å². The van der Waals surface area contributed by atoms with Crippen LogP contribution in [0.15, 0.2) is 6.33 Å². The summed E-state index contributed by atoms with van der Waals surface area (Å²) in [5.41, 5.74) is 1.89. The van der Waals surface area contributed by atoms with Gasteiger partial charge in [0.25, 0.3) is 5.78 Å². The average molecular weight is 342 g/mol. The highest BCUT2D eigenvalue weighted by molar-refractivity contribution is 5.51. The van der Waals surface area contributed by atoms with Gasteiger partial charge >= 0.3 is 6.18 Å². The number of fused-ring (bicyclic) bond motifs is 1. The molecule has 0 amide bonds. The molecule has 1 N–H and O–H groups in total. The van der Waals surface area contributed by atoms with Crippen molar-refractivity contribution in [3.8, 4) is 0 Å². The number of likely N-dealkylation sites (tertiary alicyclic amines) is 1. The minimum absolute atomic E-state index is 0.348. The summed E-state index contributed by atoms with van der Waals surface area (Å²) >= 11 is 0. The van der Waals surface area contributed by atoms with E-state index in [1.54, 1.807) is 4.52 Å². The smallest absolute Gasteiger partial charge is 0.369 e. The molecule has 1 saturated heterocycles. The third kappa shape index (κ3) is 3.77. The summed E-state index contributed by atoms with van der Waals surface area (Å²) in [5, 5.41) is 7.58. The first-order valence-electron chi connectivity index (χ1n) is 8.03. The number of nitrogens with one attached hydrogen (secondary N) is 1. The van der Waals surface area contributed by atoms with Gasteiger partial charge in [0.05, 0.1) is 6.54 Å². The summed E-state index contributed by atoms with van der Waals surface area (Å²) in [4.78, 5) is 9.96. The lowest BCUT2D eigenvalue weighted by Crippen LogP contribution is -2.41. The van der Waals surface area contributed by atoms with Gasteiger partial charge in [0.1, 0.15) is 12.1 Å². The van der Waals surface area contributed by atoms with Gasteiger partial charge in [-0.1, -0.05) is 0 Å². The van der Waals surface area contributed by atoms with Crippen LogP contribution in [0.25, 0.3) is 5.78 Å². The second kappa shape index (κ2) is 6.54. The van der Waals surface area contributed by atoms with Crippen LogP contribution in [0.5, 0.6) is 0 Å². The van der Waals surface area contributed by atoms with Gasteiger partial charge in [0.15, 0.2) is 0 Å². The highest BCUT2D eigenvalue weighted by atomic mass is 19.4. The Morgan fingerprint density at radius 1 is 1.25 bits per heavy atom. The number of aromatic nitrogens is 4. The van der Waals surface area contributed by atoms with Gasteiger partial charge < -0.3 is 5.32 Å². The predicted octanol–water partition coefficient (Wildman–Crippen LogP) is 2.43. The van der Waals surface area contributed by atoms with E-state index in [0.717, 1.165) is 29.9 Å². The highest BCUT2D eigenvalue weighted by Gasteiger charge is 2.32. The number of alkyl halides is 3. The van der Waals surface area contributed by atoms with Gasteiger partial charge in [-0.05, 0) is 45.7 Å². The van der Waals surface area contributed by atoms with Crippen molar-refractivity contribution in [1.82, 2.24) is 24.5 Å². The lowest BCUT2D eigenvalue weighted by Gasteiger charge is -2.32. The fraction of sp³-hybridized carbons (Fsp3) is 0.667. The molecule has 3 rings (SSSR count). The molecule has 0 radical (unpaired) electrons. The maximum Gasteiger partial charge on any atom is 0.401 e. The molecule has 1 aliphatic rings. The van der Waals surface area contributed by atoms with Crippen LogP contribution in [-0.2, 0) is 0 Å². The van der Waals surface area contributed by atoms with E-state index in [2.05, 4.69) is 20.4 Å². The van der Waals surface area contributed by atoms with E-state index in [4.69, 9.17) is 0 Å². The molecule has 2 aromatic heterocycles. The van der Waals surface area contributed by atoms with Crippen molar-refractivity contribution in [1.29, 1.82) is 0 Å². The summed E-state index contributed by atoms with van der Waals surface area (Å²) in [5.74, 6) is 1.74. The fourth-order valence-electron chi connectivity index (χ4n) is 3.08. The van der Waals surface area contributed by atoms with Gasteiger partial charge in [-0.2, -0.15) is 27.8 Å². The van der Waals surface area contributed by atoms with Gasteiger partial charge in [-0.25, -0.2) is 4.98 Å². The molecule has 0 aliphatic carbocycles. The first kappa shape index (κ1) is 16.9. The number of hydrogen-bond acceptors (Lipinski definition) is 5. The van der Waals surface area contributed by atoms with Crippen molar-refractivity contribution in [2.24, 2.45) is 5.92 Å². The van der Waals surface area contributed by atoms with E-state index in [1.165, 1.54) is 11.2 Å². The van der Waals surface area contributed by atoms with Crippen LogP contribution in [0.2, 0.25) is 0 Å². The number of hydrogen-bond donors (Lipinski definition) is 1. The average Bonchev–Trinajstić information content (AvgIpc) is 2.95. The van der Waals surface area contributed by atoms with E-state index in [0.29, 0.717) is 31.3 Å². The summed E-state index contributed by atoms with van der Waals surface area (Å²) in [6.07, 6.45) is -1.14. The zero-order valence-corrected chi connectivity index (χ0v) is 13.8. The number of halogens is 3. The normalized spacial score (nSPS) is 17.5. The van der Waals surface area contributed by atoms with E-state index in [-0.39, 0.29) is 0 Å².